The molecule has 4 rings (SSSR count). The van der Waals surface area contributed by atoms with Crippen LogP contribution in [0.1, 0.15) is 12.8 Å². The minimum atomic E-state index is -4.22. The second-order valence-corrected chi connectivity index (χ2v) is 6.60. The van der Waals surface area contributed by atoms with Crippen LogP contribution >= 0.6 is 11.8 Å². The first-order valence-electron chi connectivity index (χ1n) is 6.84. The lowest BCUT2D eigenvalue weighted by atomic mass is 9.84. The zero-order valence-electron chi connectivity index (χ0n) is 11.0. The number of hydrogen-bond donors (Lipinski definition) is 1. The maximum Gasteiger partial charge on any atom is 0.446 e. The Morgan fingerprint density at radius 3 is 2.25 bits per heavy atom. The van der Waals surface area contributed by atoms with Gasteiger partial charge in [0.25, 0.3) is 0 Å². The van der Waals surface area contributed by atoms with Crippen LogP contribution < -0.4 is 5.32 Å². The number of anilines is 1. The smallest absolute Gasteiger partial charge is 0.381 e. The van der Waals surface area contributed by atoms with Gasteiger partial charge in [0.05, 0.1) is 0 Å². The molecular formula is C14H17F3N2S. The molecule has 110 valence electrons. The molecular weight excluding hydrogens is 285 g/mol. The van der Waals surface area contributed by atoms with Crippen LogP contribution in [0.2, 0.25) is 0 Å². The Balaban J connectivity index is 1.61. The average Bonchev–Trinajstić information content (AvgIpc) is 2.41. The Morgan fingerprint density at radius 1 is 1.10 bits per heavy atom. The molecule has 0 aliphatic carbocycles. The van der Waals surface area contributed by atoms with Crippen molar-refractivity contribution in [2.75, 3.05) is 25.0 Å². The molecule has 1 atom stereocenters. The van der Waals surface area contributed by atoms with Gasteiger partial charge in [0.2, 0.25) is 0 Å². The highest BCUT2D eigenvalue weighted by atomic mass is 32.2. The van der Waals surface area contributed by atoms with E-state index in [1.54, 1.807) is 12.1 Å². The van der Waals surface area contributed by atoms with Crippen molar-refractivity contribution in [3.8, 4) is 0 Å². The summed E-state index contributed by atoms with van der Waals surface area (Å²) < 4.78 is 36.8. The summed E-state index contributed by atoms with van der Waals surface area (Å²) in [5.74, 6) is 0.698. The fraction of sp³-hybridized carbons (Fsp3) is 0.571. The van der Waals surface area contributed by atoms with Gasteiger partial charge in [-0.3, -0.25) is 0 Å². The van der Waals surface area contributed by atoms with Crippen LogP contribution in [0.15, 0.2) is 29.2 Å². The third-order valence-corrected chi connectivity index (χ3v) is 4.84. The van der Waals surface area contributed by atoms with Gasteiger partial charge in [0.1, 0.15) is 0 Å². The number of piperidine rings is 3. The van der Waals surface area contributed by atoms with E-state index < -0.39 is 5.51 Å². The van der Waals surface area contributed by atoms with Crippen molar-refractivity contribution >= 4 is 17.4 Å². The second kappa shape index (κ2) is 5.48. The molecule has 0 saturated carbocycles. The number of alkyl halides is 3. The molecule has 20 heavy (non-hydrogen) atoms. The first-order chi connectivity index (χ1) is 9.49. The molecule has 1 aromatic rings. The lowest BCUT2D eigenvalue weighted by Gasteiger charge is -2.45. The van der Waals surface area contributed by atoms with E-state index in [4.69, 9.17) is 0 Å². The first kappa shape index (κ1) is 14.1. The molecule has 2 bridgehead atoms. The van der Waals surface area contributed by atoms with Gasteiger partial charge in [-0.25, -0.2) is 0 Å². The minimum Gasteiger partial charge on any atom is -0.381 e. The van der Waals surface area contributed by atoms with Gasteiger partial charge >= 0.3 is 5.51 Å². The van der Waals surface area contributed by atoms with Crippen LogP contribution in [0.5, 0.6) is 0 Å². The number of halogens is 3. The molecule has 0 aromatic heterocycles. The Hall–Kier alpha value is -0.880. The number of thioether (sulfide) groups is 1. The standard InChI is InChI=1S/C14H17F3N2S/c15-14(16,17)20-12-3-1-11(2-4-12)18-13-9-19-7-5-10(13)6-8-19/h1-4,10,13,18H,5-9H2. The highest BCUT2D eigenvalue weighted by Gasteiger charge is 2.34. The van der Waals surface area contributed by atoms with Gasteiger partial charge in [-0.2, -0.15) is 13.2 Å². The molecule has 1 N–H and O–H groups in total. The zero-order valence-corrected chi connectivity index (χ0v) is 11.8. The topological polar surface area (TPSA) is 15.3 Å². The van der Waals surface area contributed by atoms with Crippen LogP contribution in [0, 0.1) is 5.92 Å². The summed E-state index contributed by atoms with van der Waals surface area (Å²) in [5.41, 5.74) is -3.31. The fourth-order valence-corrected chi connectivity index (χ4v) is 3.63. The highest BCUT2D eigenvalue weighted by Crippen LogP contribution is 2.37. The molecule has 2 nitrogen and oxygen atoms in total. The van der Waals surface area contributed by atoms with Crippen molar-refractivity contribution < 1.29 is 13.2 Å². The lowest BCUT2D eigenvalue weighted by Crippen LogP contribution is -2.53. The van der Waals surface area contributed by atoms with Crippen molar-refractivity contribution in [2.24, 2.45) is 5.92 Å². The van der Waals surface area contributed by atoms with E-state index >= 15 is 0 Å². The molecule has 1 aromatic carbocycles. The second-order valence-electron chi connectivity index (χ2n) is 5.46. The SMILES string of the molecule is FC(F)(F)Sc1ccc(NC2CN3CCC2CC3)cc1. The molecule has 3 saturated heterocycles. The number of fused-ring (bicyclic) bond motifs is 3. The first-order valence-corrected chi connectivity index (χ1v) is 7.66. The van der Waals surface area contributed by atoms with Crippen LogP contribution in [0.25, 0.3) is 0 Å². The number of benzene rings is 1. The fourth-order valence-electron chi connectivity index (χ4n) is 3.10. The monoisotopic (exact) mass is 302 g/mol. The number of nitrogens with one attached hydrogen (secondary N) is 1. The van der Waals surface area contributed by atoms with Gasteiger partial charge in [-0.1, -0.05) is 0 Å². The van der Waals surface area contributed by atoms with Crippen molar-refractivity contribution in [1.82, 2.24) is 4.90 Å². The Labute approximate surface area is 120 Å². The molecule has 6 heteroatoms. The van der Waals surface area contributed by atoms with Crippen LogP contribution in [-0.4, -0.2) is 36.1 Å². The van der Waals surface area contributed by atoms with Crippen molar-refractivity contribution in [3.63, 3.8) is 0 Å². The van der Waals surface area contributed by atoms with Crippen LogP contribution in [0.3, 0.4) is 0 Å². The van der Waals surface area contributed by atoms with E-state index in [0.29, 0.717) is 12.0 Å². The van der Waals surface area contributed by atoms with Gasteiger partial charge in [-0.15, -0.1) is 0 Å². The van der Waals surface area contributed by atoms with Crippen molar-refractivity contribution in [2.45, 2.75) is 29.3 Å². The predicted octanol–water partition coefficient (Wildman–Crippen LogP) is 3.80. The predicted molar refractivity (Wildman–Crippen MR) is 74.9 cm³/mol. The largest absolute Gasteiger partial charge is 0.446 e. The molecule has 3 aliphatic rings. The van der Waals surface area contributed by atoms with Gasteiger partial charge < -0.3 is 10.2 Å². The molecule has 0 spiro atoms. The summed E-state index contributed by atoms with van der Waals surface area (Å²) in [7, 11) is 0. The normalized spacial score (nSPS) is 29.4. The number of nitrogens with zero attached hydrogens (tertiary/aromatic N) is 1. The summed E-state index contributed by atoms with van der Waals surface area (Å²) in [5, 5.41) is 3.47. The van der Waals surface area contributed by atoms with E-state index in [1.165, 1.54) is 38.1 Å². The molecule has 3 fully saturated rings. The Bertz CT molecular complexity index is 452. The van der Waals surface area contributed by atoms with Crippen LogP contribution in [0.4, 0.5) is 18.9 Å². The Kier molecular flexibility index (Phi) is 3.86. The van der Waals surface area contributed by atoms with Crippen molar-refractivity contribution in [1.29, 1.82) is 0 Å². The highest BCUT2D eigenvalue weighted by molar-refractivity contribution is 8.00. The quantitative estimate of drug-likeness (QED) is 0.855. The summed E-state index contributed by atoms with van der Waals surface area (Å²) in [6, 6.07) is 6.97. The number of hydrogen-bond acceptors (Lipinski definition) is 3. The van der Waals surface area contributed by atoms with Crippen LogP contribution in [-0.2, 0) is 0 Å². The van der Waals surface area contributed by atoms with E-state index in [2.05, 4.69) is 10.2 Å². The lowest BCUT2D eigenvalue weighted by molar-refractivity contribution is -0.0328. The minimum absolute atomic E-state index is 0.0684. The summed E-state index contributed by atoms with van der Waals surface area (Å²) in [6.07, 6.45) is 2.44. The van der Waals surface area contributed by atoms with E-state index in [9.17, 15) is 13.2 Å². The molecule has 3 aliphatic heterocycles. The van der Waals surface area contributed by atoms with E-state index in [0.717, 1.165) is 12.2 Å². The third-order valence-electron chi connectivity index (χ3n) is 4.10. The van der Waals surface area contributed by atoms with Gasteiger partial charge in [0.15, 0.2) is 0 Å². The summed E-state index contributed by atoms with van der Waals surface area (Å²) in [4.78, 5) is 2.68. The van der Waals surface area contributed by atoms with E-state index in [-0.39, 0.29) is 16.7 Å². The molecule has 0 radical (unpaired) electrons. The zero-order chi connectivity index (χ0) is 14.2. The maximum atomic E-state index is 12.3. The maximum absolute atomic E-state index is 12.3. The summed E-state index contributed by atoms with van der Waals surface area (Å²) >= 11 is -0.0684. The molecule has 0 amide bonds. The van der Waals surface area contributed by atoms with Gasteiger partial charge in [-0.05, 0) is 67.9 Å². The summed E-state index contributed by atoms with van der Waals surface area (Å²) in [6.45, 7) is 3.41. The average molecular weight is 302 g/mol. The van der Waals surface area contributed by atoms with Crippen molar-refractivity contribution in [3.05, 3.63) is 24.3 Å². The third kappa shape index (κ3) is 3.41. The van der Waals surface area contributed by atoms with Gasteiger partial charge in [0, 0.05) is 23.2 Å². The molecule has 3 heterocycles. The Morgan fingerprint density at radius 2 is 1.75 bits per heavy atom. The van der Waals surface area contributed by atoms with E-state index in [1.807, 2.05) is 0 Å². The number of rotatable bonds is 3. The molecule has 1 unspecified atom stereocenters.